The van der Waals surface area contributed by atoms with Crippen molar-refractivity contribution in [2.45, 2.75) is 31.7 Å². The van der Waals surface area contributed by atoms with Crippen LogP contribution in [-0.4, -0.2) is 53.8 Å². The Balaban J connectivity index is 2.14. The van der Waals surface area contributed by atoms with Crippen molar-refractivity contribution in [3.8, 4) is 0 Å². The first-order chi connectivity index (χ1) is 9.13. The molecule has 2 rings (SSSR count). The Bertz CT molecular complexity index is 339. The second-order valence-corrected chi connectivity index (χ2v) is 8.78. The molecule has 112 valence electrons. The molecule has 1 aliphatic carbocycles. The molecule has 0 radical (unpaired) electrons. The zero-order valence-electron chi connectivity index (χ0n) is 11.5. The highest BCUT2D eigenvalue weighted by atomic mass is 35.5. The van der Waals surface area contributed by atoms with Crippen molar-refractivity contribution in [1.29, 1.82) is 0 Å². The second kappa shape index (κ2) is 7.11. The molecule has 1 N–H and O–H groups in total. The maximum absolute atomic E-state index is 13.3. The van der Waals surface area contributed by atoms with Crippen molar-refractivity contribution >= 4 is 30.8 Å². The van der Waals surface area contributed by atoms with Gasteiger partial charge < -0.3 is 0 Å². The molecule has 7 heteroatoms. The Kier molecular flexibility index (Phi) is 6.01. The molecule has 0 amide bonds. The first kappa shape index (κ1) is 16.1. The molecule has 1 saturated carbocycles. The predicted octanol–water partition coefficient (Wildman–Crippen LogP) is 2.97. The summed E-state index contributed by atoms with van der Waals surface area (Å²) in [6, 6.07) is 0.439. The van der Waals surface area contributed by atoms with Gasteiger partial charge in [-0.2, -0.15) is 0 Å². The zero-order valence-corrected chi connectivity index (χ0v) is 13.9. The summed E-state index contributed by atoms with van der Waals surface area (Å²) in [5.41, 5.74) is 0. The quantitative estimate of drug-likeness (QED) is 0.622. The van der Waals surface area contributed by atoms with Crippen LogP contribution in [0.2, 0.25) is 0 Å². The number of hydrogen-bond donors (Lipinski definition) is 1. The molecule has 4 nitrogen and oxygen atoms in total. The highest BCUT2D eigenvalue weighted by Crippen LogP contribution is 2.54. The number of nitrogens with zero attached hydrogens (tertiary/aromatic N) is 2. The van der Waals surface area contributed by atoms with E-state index in [4.69, 9.17) is 23.2 Å². The van der Waals surface area contributed by atoms with Gasteiger partial charge >= 0.3 is 0 Å². The summed E-state index contributed by atoms with van der Waals surface area (Å²) < 4.78 is 17.3. The monoisotopic (exact) mass is 327 g/mol. The van der Waals surface area contributed by atoms with Gasteiger partial charge in [0.25, 0.3) is 7.59 Å². The normalized spacial score (nSPS) is 36.4. The first-order valence-corrected chi connectivity index (χ1v) is 9.77. The van der Waals surface area contributed by atoms with Crippen molar-refractivity contribution in [1.82, 2.24) is 14.4 Å². The van der Waals surface area contributed by atoms with Crippen molar-refractivity contribution in [2.24, 2.45) is 5.92 Å². The van der Waals surface area contributed by atoms with Gasteiger partial charge in [0.05, 0.1) is 0 Å². The Morgan fingerprint density at radius 3 is 2.53 bits per heavy atom. The van der Waals surface area contributed by atoms with Gasteiger partial charge in [-0.15, -0.1) is 23.2 Å². The van der Waals surface area contributed by atoms with Crippen LogP contribution in [0, 0.1) is 5.92 Å². The molecule has 19 heavy (non-hydrogen) atoms. The van der Waals surface area contributed by atoms with Crippen LogP contribution in [0.4, 0.5) is 0 Å². The Morgan fingerprint density at radius 2 is 1.89 bits per heavy atom. The molecule has 0 spiro atoms. The van der Waals surface area contributed by atoms with Gasteiger partial charge in [-0.05, 0) is 25.8 Å². The lowest BCUT2D eigenvalue weighted by Gasteiger charge is -2.49. The number of alkyl halides is 2. The Morgan fingerprint density at radius 1 is 1.26 bits per heavy atom. The van der Waals surface area contributed by atoms with E-state index >= 15 is 0 Å². The van der Waals surface area contributed by atoms with Crippen LogP contribution >= 0.6 is 30.8 Å². The summed E-state index contributed by atoms with van der Waals surface area (Å²) >= 11 is 11.7. The third-order valence-electron chi connectivity index (χ3n) is 4.40. The summed E-state index contributed by atoms with van der Waals surface area (Å²) in [5, 5.41) is 3.30. The van der Waals surface area contributed by atoms with E-state index in [2.05, 4.69) is 9.76 Å². The molecule has 2 aliphatic rings. The van der Waals surface area contributed by atoms with Crippen LogP contribution in [0.15, 0.2) is 0 Å². The fraction of sp³-hybridized carbons (Fsp3) is 1.00. The largest absolute Gasteiger partial charge is 0.284 e. The number of hydrogen-bond acceptors (Lipinski definition) is 1. The van der Waals surface area contributed by atoms with Crippen molar-refractivity contribution in [3.63, 3.8) is 0 Å². The predicted molar refractivity (Wildman–Crippen MR) is 82.1 cm³/mol. The SMILES string of the molecule is CN1[C@@H]2CCCC[C@@H]2CNP1(=O)N(CCCl)CCCl. The summed E-state index contributed by atoms with van der Waals surface area (Å²) in [6.45, 7) is 2.08. The van der Waals surface area contributed by atoms with E-state index in [1.54, 1.807) is 0 Å². The molecule has 2 fully saturated rings. The first-order valence-electron chi connectivity index (χ1n) is 7.09. The van der Waals surface area contributed by atoms with Crippen LogP contribution in [0.3, 0.4) is 0 Å². The summed E-state index contributed by atoms with van der Waals surface area (Å²) in [5.74, 6) is 1.59. The molecular weight excluding hydrogens is 304 g/mol. The maximum Gasteiger partial charge on any atom is 0.284 e. The lowest BCUT2D eigenvalue weighted by Crippen LogP contribution is -2.53. The highest BCUT2D eigenvalue weighted by Gasteiger charge is 2.45. The molecule has 0 aromatic carbocycles. The van der Waals surface area contributed by atoms with Crippen molar-refractivity contribution in [2.75, 3.05) is 38.4 Å². The highest BCUT2D eigenvalue weighted by molar-refractivity contribution is 7.57. The Labute approximate surface area is 126 Å². The van der Waals surface area contributed by atoms with Crippen LogP contribution in [0.5, 0.6) is 0 Å². The average Bonchev–Trinajstić information content (AvgIpc) is 2.43. The molecule has 1 heterocycles. The van der Waals surface area contributed by atoms with Crippen LogP contribution < -0.4 is 5.09 Å². The van der Waals surface area contributed by atoms with E-state index in [9.17, 15) is 4.57 Å². The molecule has 0 aromatic heterocycles. The Hall–Kier alpha value is 0.690. The van der Waals surface area contributed by atoms with Crippen LogP contribution in [0.1, 0.15) is 25.7 Å². The lowest BCUT2D eigenvalue weighted by molar-refractivity contribution is 0.163. The summed E-state index contributed by atoms with van der Waals surface area (Å²) in [7, 11) is -0.698. The van der Waals surface area contributed by atoms with Gasteiger partial charge in [0.1, 0.15) is 0 Å². The number of halogens is 2. The molecule has 0 aromatic rings. The van der Waals surface area contributed by atoms with Gasteiger partial charge in [0, 0.05) is 37.4 Å². The van der Waals surface area contributed by atoms with E-state index in [1.165, 1.54) is 19.3 Å². The minimum Gasteiger partial charge on any atom is -0.270 e. The smallest absolute Gasteiger partial charge is 0.270 e. The standard InChI is InChI=1S/C12H24Cl2N3OP/c1-16-12-5-3-2-4-11(12)10-15-19(16,18)17(8-6-13)9-7-14/h11-12H,2-10H2,1H3,(H,15,18)/t11-,12-,19?/m1/s1. The minimum absolute atomic E-state index is 0.439. The molecule has 1 aliphatic heterocycles. The molecule has 1 saturated heterocycles. The zero-order chi connectivity index (χ0) is 13.9. The number of fused-ring (bicyclic) bond motifs is 1. The van der Waals surface area contributed by atoms with Crippen LogP contribution in [0.25, 0.3) is 0 Å². The second-order valence-electron chi connectivity index (χ2n) is 5.42. The number of rotatable bonds is 5. The van der Waals surface area contributed by atoms with Gasteiger partial charge in [-0.1, -0.05) is 12.8 Å². The number of nitrogens with one attached hydrogen (secondary N) is 1. The molecule has 3 atom stereocenters. The fourth-order valence-electron chi connectivity index (χ4n) is 3.34. The summed E-state index contributed by atoms with van der Waals surface area (Å²) in [4.78, 5) is 0. The fourth-order valence-corrected chi connectivity index (χ4v) is 6.73. The van der Waals surface area contributed by atoms with E-state index < -0.39 is 7.59 Å². The van der Waals surface area contributed by atoms with Gasteiger partial charge in [0.15, 0.2) is 0 Å². The van der Waals surface area contributed by atoms with E-state index in [1.807, 2.05) is 11.7 Å². The van der Waals surface area contributed by atoms with Gasteiger partial charge in [-0.3, -0.25) is 4.57 Å². The third-order valence-corrected chi connectivity index (χ3v) is 7.66. The average molecular weight is 328 g/mol. The topological polar surface area (TPSA) is 35.6 Å². The lowest BCUT2D eigenvalue weighted by atomic mass is 9.84. The maximum atomic E-state index is 13.3. The van der Waals surface area contributed by atoms with Crippen molar-refractivity contribution in [3.05, 3.63) is 0 Å². The van der Waals surface area contributed by atoms with Gasteiger partial charge in [0.2, 0.25) is 0 Å². The minimum atomic E-state index is -2.69. The molecule has 1 unspecified atom stereocenters. The van der Waals surface area contributed by atoms with E-state index in [0.717, 1.165) is 13.0 Å². The molecular formula is C12H24Cl2N3OP. The third kappa shape index (κ3) is 3.30. The van der Waals surface area contributed by atoms with E-state index in [-0.39, 0.29) is 0 Å². The summed E-state index contributed by atoms with van der Waals surface area (Å²) in [6.07, 6.45) is 4.94. The van der Waals surface area contributed by atoms with E-state index in [0.29, 0.717) is 36.8 Å². The van der Waals surface area contributed by atoms with Gasteiger partial charge in [-0.25, -0.2) is 14.4 Å². The van der Waals surface area contributed by atoms with Crippen LogP contribution in [-0.2, 0) is 4.57 Å². The van der Waals surface area contributed by atoms with Crippen molar-refractivity contribution < 1.29 is 4.57 Å². The molecule has 0 bridgehead atoms.